The van der Waals surface area contributed by atoms with Crippen LogP contribution in [0.5, 0.6) is 5.75 Å². The largest absolute Gasteiger partial charge is 0.496 e. The van der Waals surface area contributed by atoms with Crippen LogP contribution in [0.25, 0.3) is 0 Å². The molecular weight excluding hydrogens is 285 g/mol. The number of hydrogen-bond acceptors (Lipinski definition) is 3. The highest BCUT2D eigenvalue weighted by atomic mass is 19.1. The van der Waals surface area contributed by atoms with Crippen LogP contribution in [-0.4, -0.2) is 55.2 Å². The van der Waals surface area contributed by atoms with E-state index in [4.69, 9.17) is 4.74 Å². The number of methoxy groups -OCH3 is 1. The molecule has 2 aliphatic rings. The standard InChI is InChI=1S/C16H22FN3O2/c1-22-15-3-2-13(17)10-12(15)11-19-7-4-14(5-8-19)20-9-6-18-16(20)21/h2-3,10,14H,4-9,11H2,1H3,(H,18,21). The Bertz CT molecular complexity index is 544. The maximum Gasteiger partial charge on any atom is 0.317 e. The van der Waals surface area contributed by atoms with Crippen molar-refractivity contribution in [1.29, 1.82) is 0 Å². The molecule has 2 amide bonds. The predicted octanol–water partition coefficient (Wildman–Crippen LogP) is 1.82. The van der Waals surface area contributed by atoms with Gasteiger partial charge in [0.15, 0.2) is 0 Å². The second-order valence-corrected chi connectivity index (χ2v) is 5.89. The topological polar surface area (TPSA) is 44.8 Å². The third-order valence-electron chi connectivity index (χ3n) is 4.52. The van der Waals surface area contributed by atoms with E-state index in [0.717, 1.165) is 50.3 Å². The zero-order valence-corrected chi connectivity index (χ0v) is 12.8. The maximum absolute atomic E-state index is 13.4. The Morgan fingerprint density at radius 1 is 1.32 bits per heavy atom. The van der Waals surface area contributed by atoms with Crippen LogP contribution in [0, 0.1) is 5.82 Å². The summed E-state index contributed by atoms with van der Waals surface area (Å²) in [6.45, 7) is 4.06. The number of urea groups is 1. The molecule has 0 atom stereocenters. The second kappa shape index (κ2) is 6.52. The van der Waals surface area contributed by atoms with Crippen LogP contribution in [0.1, 0.15) is 18.4 Å². The number of rotatable bonds is 4. The molecule has 2 heterocycles. The van der Waals surface area contributed by atoms with E-state index in [9.17, 15) is 9.18 Å². The zero-order valence-electron chi connectivity index (χ0n) is 12.8. The maximum atomic E-state index is 13.4. The quantitative estimate of drug-likeness (QED) is 0.923. The van der Waals surface area contributed by atoms with Gasteiger partial charge in [-0.25, -0.2) is 9.18 Å². The Morgan fingerprint density at radius 3 is 2.73 bits per heavy atom. The number of halogens is 1. The van der Waals surface area contributed by atoms with Crippen LogP contribution in [0.2, 0.25) is 0 Å². The first-order valence-corrected chi connectivity index (χ1v) is 7.76. The molecular formula is C16H22FN3O2. The van der Waals surface area contributed by atoms with Gasteiger partial charge in [0.25, 0.3) is 0 Å². The van der Waals surface area contributed by atoms with Crippen molar-refractivity contribution in [2.75, 3.05) is 33.3 Å². The fraction of sp³-hybridized carbons (Fsp3) is 0.562. The van der Waals surface area contributed by atoms with Gasteiger partial charge >= 0.3 is 6.03 Å². The molecule has 2 saturated heterocycles. The van der Waals surface area contributed by atoms with Gasteiger partial charge in [-0.2, -0.15) is 0 Å². The second-order valence-electron chi connectivity index (χ2n) is 5.89. The molecule has 0 radical (unpaired) electrons. The third-order valence-corrected chi connectivity index (χ3v) is 4.52. The van der Waals surface area contributed by atoms with Gasteiger partial charge in [0.1, 0.15) is 11.6 Å². The monoisotopic (exact) mass is 307 g/mol. The number of nitrogens with zero attached hydrogens (tertiary/aromatic N) is 2. The lowest BCUT2D eigenvalue weighted by atomic mass is 10.0. The SMILES string of the molecule is COc1ccc(F)cc1CN1CCC(N2CCNC2=O)CC1. The number of hydrogen-bond donors (Lipinski definition) is 1. The summed E-state index contributed by atoms with van der Waals surface area (Å²) in [5.41, 5.74) is 0.875. The highest BCUT2D eigenvalue weighted by Gasteiger charge is 2.30. The molecule has 2 fully saturated rings. The molecule has 5 nitrogen and oxygen atoms in total. The first-order chi connectivity index (χ1) is 10.7. The van der Waals surface area contributed by atoms with Crippen molar-refractivity contribution in [3.8, 4) is 5.75 Å². The molecule has 1 N–H and O–H groups in total. The summed E-state index contributed by atoms with van der Waals surface area (Å²) in [7, 11) is 1.61. The Hall–Kier alpha value is -1.82. The molecule has 0 aromatic heterocycles. The molecule has 0 bridgehead atoms. The van der Waals surface area contributed by atoms with Crippen molar-refractivity contribution in [1.82, 2.24) is 15.1 Å². The van der Waals surface area contributed by atoms with Crippen LogP contribution in [-0.2, 0) is 6.54 Å². The van der Waals surface area contributed by atoms with Crippen LogP contribution >= 0.6 is 0 Å². The Kier molecular flexibility index (Phi) is 4.47. The summed E-state index contributed by atoms with van der Waals surface area (Å²) < 4.78 is 18.7. The normalized spacial score (nSPS) is 20.3. The van der Waals surface area contributed by atoms with Crippen molar-refractivity contribution < 1.29 is 13.9 Å². The predicted molar refractivity (Wildman–Crippen MR) is 81.4 cm³/mol. The minimum Gasteiger partial charge on any atom is -0.496 e. The molecule has 3 rings (SSSR count). The molecule has 2 aliphatic heterocycles. The Balaban J connectivity index is 1.58. The van der Waals surface area contributed by atoms with Crippen LogP contribution in [0.4, 0.5) is 9.18 Å². The summed E-state index contributed by atoms with van der Waals surface area (Å²) in [5, 5.41) is 2.85. The summed E-state index contributed by atoms with van der Waals surface area (Å²) in [6, 6.07) is 5.02. The summed E-state index contributed by atoms with van der Waals surface area (Å²) >= 11 is 0. The fourth-order valence-corrected chi connectivity index (χ4v) is 3.34. The fourth-order valence-electron chi connectivity index (χ4n) is 3.34. The van der Waals surface area contributed by atoms with Gasteiger partial charge in [-0.15, -0.1) is 0 Å². The van der Waals surface area contributed by atoms with E-state index in [1.807, 2.05) is 4.90 Å². The van der Waals surface area contributed by atoms with Crippen molar-refractivity contribution in [3.05, 3.63) is 29.6 Å². The zero-order chi connectivity index (χ0) is 15.5. The average molecular weight is 307 g/mol. The van der Waals surface area contributed by atoms with Crippen molar-refractivity contribution in [2.45, 2.75) is 25.4 Å². The van der Waals surface area contributed by atoms with E-state index in [1.54, 1.807) is 19.2 Å². The highest BCUT2D eigenvalue weighted by Crippen LogP contribution is 2.24. The van der Waals surface area contributed by atoms with E-state index in [2.05, 4.69) is 10.2 Å². The number of carbonyl (C=O) groups is 1. The van der Waals surface area contributed by atoms with E-state index in [0.29, 0.717) is 12.6 Å². The van der Waals surface area contributed by atoms with Crippen molar-refractivity contribution in [2.24, 2.45) is 0 Å². The number of nitrogens with one attached hydrogen (secondary N) is 1. The van der Waals surface area contributed by atoms with Crippen LogP contribution in [0.3, 0.4) is 0 Å². The third kappa shape index (κ3) is 3.16. The lowest BCUT2D eigenvalue weighted by Gasteiger charge is -2.36. The van der Waals surface area contributed by atoms with E-state index < -0.39 is 0 Å². The van der Waals surface area contributed by atoms with Gasteiger partial charge < -0.3 is 15.0 Å². The number of carbonyl (C=O) groups excluding carboxylic acids is 1. The van der Waals surface area contributed by atoms with Gasteiger partial charge in [0.05, 0.1) is 7.11 Å². The number of benzene rings is 1. The van der Waals surface area contributed by atoms with E-state index >= 15 is 0 Å². The van der Waals surface area contributed by atoms with Gasteiger partial charge in [-0.1, -0.05) is 0 Å². The number of amides is 2. The lowest BCUT2D eigenvalue weighted by molar-refractivity contribution is 0.131. The minimum absolute atomic E-state index is 0.0604. The molecule has 0 spiro atoms. The number of ether oxygens (including phenoxy) is 1. The first kappa shape index (κ1) is 15.1. The molecule has 0 unspecified atom stereocenters. The number of likely N-dealkylation sites (tertiary alicyclic amines) is 1. The first-order valence-electron chi connectivity index (χ1n) is 7.76. The van der Waals surface area contributed by atoms with Gasteiger partial charge in [-0.3, -0.25) is 4.90 Å². The molecule has 0 saturated carbocycles. The smallest absolute Gasteiger partial charge is 0.317 e. The van der Waals surface area contributed by atoms with Crippen LogP contribution in [0.15, 0.2) is 18.2 Å². The molecule has 22 heavy (non-hydrogen) atoms. The summed E-state index contributed by atoms with van der Waals surface area (Å²) in [6.07, 6.45) is 1.93. The van der Waals surface area contributed by atoms with Crippen molar-refractivity contribution >= 4 is 6.03 Å². The van der Waals surface area contributed by atoms with Crippen molar-refractivity contribution in [3.63, 3.8) is 0 Å². The summed E-state index contributed by atoms with van der Waals surface area (Å²) in [4.78, 5) is 15.9. The van der Waals surface area contributed by atoms with Gasteiger partial charge in [0.2, 0.25) is 0 Å². The minimum atomic E-state index is -0.237. The van der Waals surface area contributed by atoms with Gasteiger partial charge in [-0.05, 0) is 31.0 Å². The van der Waals surface area contributed by atoms with E-state index in [1.165, 1.54) is 6.07 Å². The molecule has 120 valence electrons. The molecule has 1 aromatic carbocycles. The Morgan fingerprint density at radius 2 is 2.09 bits per heavy atom. The van der Waals surface area contributed by atoms with Gasteiger partial charge in [0, 0.05) is 44.3 Å². The number of piperidine rings is 1. The van der Waals surface area contributed by atoms with Crippen LogP contribution < -0.4 is 10.1 Å². The Labute approximate surface area is 130 Å². The average Bonchev–Trinajstić information content (AvgIpc) is 2.94. The summed E-state index contributed by atoms with van der Waals surface area (Å²) in [5.74, 6) is 0.488. The molecule has 0 aliphatic carbocycles. The lowest BCUT2D eigenvalue weighted by Crippen LogP contribution is -2.45. The van der Waals surface area contributed by atoms with E-state index in [-0.39, 0.29) is 11.8 Å². The highest BCUT2D eigenvalue weighted by molar-refractivity contribution is 5.76. The molecule has 6 heteroatoms. The molecule has 1 aromatic rings.